The second-order valence-electron chi connectivity index (χ2n) is 5.45. The number of likely N-dealkylation sites (tertiary alicyclic amines) is 1. The van der Waals surface area contributed by atoms with Crippen LogP contribution >= 0.6 is 0 Å². The first-order valence-corrected chi connectivity index (χ1v) is 6.91. The van der Waals surface area contributed by atoms with Crippen molar-refractivity contribution in [2.75, 3.05) is 46.0 Å². The van der Waals surface area contributed by atoms with Crippen LogP contribution in [0.3, 0.4) is 0 Å². The quantitative estimate of drug-likeness (QED) is 0.768. The summed E-state index contributed by atoms with van der Waals surface area (Å²) in [4.78, 5) is 16.2. The molecule has 0 radical (unpaired) electrons. The number of rotatable bonds is 3. The molecular formula is C13H24N2O3. The van der Waals surface area contributed by atoms with E-state index in [1.165, 1.54) is 0 Å². The summed E-state index contributed by atoms with van der Waals surface area (Å²) >= 11 is 0. The number of nitrogens with zero attached hydrogens (tertiary/aromatic N) is 2. The van der Waals surface area contributed by atoms with E-state index >= 15 is 0 Å². The van der Waals surface area contributed by atoms with Gasteiger partial charge in [-0.05, 0) is 18.8 Å². The van der Waals surface area contributed by atoms with Crippen LogP contribution in [0.4, 0.5) is 0 Å². The lowest BCUT2D eigenvalue weighted by Gasteiger charge is -2.36. The SMILES string of the molecule is CC1CCN(C(=O)CN2CCOCC2CO)CC1. The van der Waals surface area contributed by atoms with Gasteiger partial charge >= 0.3 is 0 Å². The van der Waals surface area contributed by atoms with Crippen molar-refractivity contribution in [3.05, 3.63) is 0 Å². The van der Waals surface area contributed by atoms with E-state index < -0.39 is 0 Å². The molecule has 1 amide bonds. The number of carbonyl (C=O) groups excluding carboxylic acids is 1. The Hall–Kier alpha value is -0.650. The number of ether oxygens (including phenoxy) is 1. The lowest BCUT2D eigenvalue weighted by molar-refractivity contribution is -0.136. The average molecular weight is 256 g/mol. The molecule has 0 aliphatic carbocycles. The van der Waals surface area contributed by atoms with Gasteiger partial charge in [0.1, 0.15) is 0 Å². The molecule has 5 heteroatoms. The Morgan fingerprint density at radius 3 is 2.72 bits per heavy atom. The van der Waals surface area contributed by atoms with Crippen LogP contribution in [0, 0.1) is 5.92 Å². The van der Waals surface area contributed by atoms with Crippen LogP contribution in [0.5, 0.6) is 0 Å². The lowest BCUT2D eigenvalue weighted by Crippen LogP contribution is -2.52. The highest BCUT2D eigenvalue weighted by atomic mass is 16.5. The van der Waals surface area contributed by atoms with Gasteiger partial charge in [0.2, 0.25) is 5.91 Å². The molecule has 2 aliphatic heterocycles. The minimum Gasteiger partial charge on any atom is -0.395 e. The first kappa shape index (κ1) is 13.8. The van der Waals surface area contributed by atoms with Gasteiger partial charge in [0.15, 0.2) is 0 Å². The van der Waals surface area contributed by atoms with Crippen molar-refractivity contribution in [1.82, 2.24) is 9.80 Å². The number of hydrogen-bond donors (Lipinski definition) is 1. The molecule has 2 fully saturated rings. The van der Waals surface area contributed by atoms with E-state index in [0.29, 0.717) is 19.8 Å². The van der Waals surface area contributed by atoms with Gasteiger partial charge in [0.05, 0.1) is 32.4 Å². The zero-order valence-corrected chi connectivity index (χ0v) is 11.2. The number of amides is 1. The predicted molar refractivity (Wildman–Crippen MR) is 68.2 cm³/mol. The Morgan fingerprint density at radius 1 is 1.33 bits per heavy atom. The average Bonchev–Trinajstić information content (AvgIpc) is 2.40. The lowest BCUT2D eigenvalue weighted by atomic mass is 9.99. The summed E-state index contributed by atoms with van der Waals surface area (Å²) in [6, 6.07) is -0.0218. The van der Waals surface area contributed by atoms with Crippen LogP contribution in [0.1, 0.15) is 19.8 Å². The molecule has 5 nitrogen and oxygen atoms in total. The van der Waals surface area contributed by atoms with Gasteiger partial charge in [-0.15, -0.1) is 0 Å². The van der Waals surface area contributed by atoms with Gasteiger partial charge < -0.3 is 14.7 Å². The molecule has 2 rings (SSSR count). The molecule has 0 spiro atoms. The van der Waals surface area contributed by atoms with Crippen molar-refractivity contribution in [2.45, 2.75) is 25.8 Å². The van der Waals surface area contributed by atoms with E-state index in [1.54, 1.807) is 0 Å². The minimum absolute atomic E-state index is 0.0218. The predicted octanol–water partition coefficient (Wildman–Crippen LogP) is -0.0620. The molecule has 0 aromatic rings. The van der Waals surface area contributed by atoms with Crippen molar-refractivity contribution >= 4 is 5.91 Å². The number of morpholine rings is 1. The Labute approximate surface area is 109 Å². The fraction of sp³-hybridized carbons (Fsp3) is 0.923. The Bertz CT molecular complexity index is 277. The maximum absolute atomic E-state index is 12.2. The fourth-order valence-corrected chi connectivity index (χ4v) is 2.60. The maximum Gasteiger partial charge on any atom is 0.236 e. The molecule has 0 saturated carbocycles. The molecule has 2 heterocycles. The van der Waals surface area contributed by atoms with Crippen molar-refractivity contribution in [1.29, 1.82) is 0 Å². The van der Waals surface area contributed by atoms with E-state index in [4.69, 9.17) is 4.74 Å². The Morgan fingerprint density at radius 2 is 2.06 bits per heavy atom. The first-order valence-electron chi connectivity index (χ1n) is 6.91. The summed E-state index contributed by atoms with van der Waals surface area (Å²) in [6.07, 6.45) is 2.22. The molecule has 0 bridgehead atoms. The molecule has 0 aromatic carbocycles. The van der Waals surface area contributed by atoms with Crippen LogP contribution in [-0.2, 0) is 9.53 Å². The third kappa shape index (κ3) is 3.43. The molecule has 1 unspecified atom stereocenters. The number of hydrogen-bond acceptors (Lipinski definition) is 4. The van der Waals surface area contributed by atoms with Gasteiger partial charge in [0.25, 0.3) is 0 Å². The van der Waals surface area contributed by atoms with Gasteiger partial charge in [-0.2, -0.15) is 0 Å². The molecule has 1 N–H and O–H groups in total. The molecule has 104 valence electrons. The standard InChI is InChI=1S/C13H24N2O3/c1-11-2-4-14(5-3-11)13(17)8-15-6-7-18-10-12(15)9-16/h11-12,16H,2-10H2,1H3. The zero-order chi connectivity index (χ0) is 13.0. The Balaban J connectivity index is 1.82. The molecule has 18 heavy (non-hydrogen) atoms. The van der Waals surface area contributed by atoms with Crippen molar-refractivity contribution < 1.29 is 14.6 Å². The Kier molecular flexibility index (Phi) is 4.97. The highest BCUT2D eigenvalue weighted by Gasteiger charge is 2.27. The van der Waals surface area contributed by atoms with Gasteiger partial charge in [-0.25, -0.2) is 0 Å². The second-order valence-corrected chi connectivity index (χ2v) is 5.45. The van der Waals surface area contributed by atoms with E-state index in [9.17, 15) is 9.90 Å². The molecule has 2 saturated heterocycles. The summed E-state index contributed by atoms with van der Waals surface area (Å²) in [6.45, 7) is 6.41. The molecule has 2 aliphatic rings. The van der Waals surface area contributed by atoms with Gasteiger partial charge in [0, 0.05) is 19.6 Å². The van der Waals surface area contributed by atoms with Crippen LogP contribution in [0.2, 0.25) is 0 Å². The van der Waals surface area contributed by atoms with E-state index in [-0.39, 0.29) is 18.6 Å². The molecule has 1 atom stereocenters. The van der Waals surface area contributed by atoms with Crippen molar-refractivity contribution in [3.8, 4) is 0 Å². The summed E-state index contributed by atoms with van der Waals surface area (Å²) in [5.74, 6) is 0.935. The molecule has 0 aromatic heterocycles. The summed E-state index contributed by atoms with van der Waals surface area (Å²) in [7, 11) is 0. The van der Waals surface area contributed by atoms with Crippen LogP contribution in [0.15, 0.2) is 0 Å². The summed E-state index contributed by atoms with van der Waals surface area (Å²) in [5.41, 5.74) is 0. The molecular weight excluding hydrogens is 232 g/mol. The number of carbonyl (C=O) groups is 1. The van der Waals surface area contributed by atoms with Crippen LogP contribution < -0.4 is 0 Å². The zero-order valence-electron chi connectivity index (χ0n) is 11.2. The largest absolute Gasteiger partial charge is 0.395 e. The van der Waals surface area contributed by atoms with Gasteiger partial charge in [-0.3, -0.25) is 9.69 Å². The van der Waals surface area contributed by atoms with Crippen LogP contribution in [0.25, 0.3) is 0 Å². The smallest absolute Gasteiger partial charge is 0.236 e. The normalized spacial score (nSPS) is 27.4. The topological polar surface area (TPSA) is 53.0 Å². The first-order chi connectivity index (χ1) is 8.70. The fourth-order valence-electron chi connectivity index (χ4n) is 2.60. The van der Waals surface area contributed by atoms with E-state index in [0.717, 1.165) is 38.4 Å². The summed E-state index contributed by atoms with van der Waals surface area (Å²) < 4.78 is 5.32. The van der Waals surface area contributed by atoms with Crippen LogP contribution in [-0.4, -0.2) is 72.9 Å². The minimum atomic E-state index is -0.0218. The summed E-state index contributed by atoms with van der Waals surface area (Å²) in [5, 5.41) is 9.27. The number of aliphatic hydroxyl groups excluding tert-OH is 1. The van der Waals surface area contributed by atoms with Crippen molar-refractivity contribution in [2.24, 2.45) is 5.92 Å². The number of piperidine rings is 1. The van der Waals surface area contributed by atoms with E-state index in [2.05, 4.69) is 6.92 Å². The third-order valence-electron chi connectivity index (χ3n) is 4.03. The highest BCUT2D eigenvalue weighted by Crippen LogP contribution is 2.16. The number of aliphatic hydroxyl groups is 1. The third-order valence-corrected chi connectivity index (χ3v) is 4.03. The van der Waals surface area contributed by atoms with Gasteiger partial charge in [-0.1, -0.05) is 6.92 Å². The highest BCUT2D eigenvalue weighted by molar-refractivity contribution is 5.78. The maximum atomic E-state index is 12.2. The second kappa shape index (κ2) is 6.50. The monoisotopic (exact) mass is 256 g/mol. The van der Waals surface area contributed by atoms with E-state index in [1.807, 2.05) is 9.80 Å². The van der Waals surface area contributed by atoms with Crippen molar-refractivity contribution in [3.63, 3.8) is 0 Å².